The SMILES string of the molecule is CC/C(=N\NC(=O)c1cc2ccccc2cc1O)c1ccc(O)cc1. The molecule has 0 spiro atoms. The summed E-state index contributed by atoms with van der Waals surface area (Å²) in [5.41, 5.74) is 4.15. The van der Waals surface area contributed by atoms with Crippen LogP contribution in [0.4, 0.5) is 0 Å². The van der Waals surface area contributed by atoms with Gasteiger partial charge in [-0.25, -0.2) is 5.43 Å². The van der Waals surface area contributed by atoms with Crippen LogP contribution in [-0.2, 0) is 0 Å². The number of fused-ring (bicyclic) bond motifs is 1. The Bertz CT molecular complexity index is 947. The molecule has 0 heterocycles. The molecule has 126 valence electrons. The third kappa shape index (κ3) is 3.61. The maximum absolute atomic E-state index is 12.4. The van der Waals surface area contributed by atoms with Crippen molar-refractivity contribution < 1.29 is 15.0 Å². The Kier molecular flexibility index (Phi) is 4.66. The van der Waals surface area contributed by atoms with Gasteiger partial charge >= 0.3 is 0 Å². The first kappa shape index (κ1) is 16.5. The number of carbonyl (C=O) groups excluding carboxylic acids is 1. The molecule has 0 aromatic heterocycles. The Labute approximate surface area is 145 Å². The summed E-state index contributed by atoms with van der Waals surface area (Å²) in [6, 6.07) is 17.3. The molecule has 0 aliphatic heterocycles. The van der Waals surface area contributed by atoms with Gasteiger partial charge in [-0.2, -0.15) is 5.10 Å². The van der Waals surface area contributed by atoms with Crippen LogP contribution in [0.5, 0.6) is 11.5 Å². The third-order valence-electron chi connectivity index (χ3n) is 3.94. The van der Waals surface area contributed by atoms with Crippen molar-refractivity contribution in [3.63, 3.8) is 0 Å². The van der Waals surface area contributed by atoms with E-state index in [4.69, 9.17) is 0 Å². The molecule has 0 bridgehead atoms. The lowest BCUT2D eigenvalue weighted by Crippen LogP contribution is -2.20. The zero-order valence-electron chi connectivity index (χ0n) is 13.7. The van der Waals surface area contributed by atoms with E-state index in [9.17, 15) is 15.0 Å². The van der Waals surface area contributed by atoms with E-state index in [1.54, 1.807) is 36.4 Å². The van der Waals surface area contributed by atoms with Crippen molar-refractivity contribution in [1.29, 1.82) is 0 Å². The summed E-state index contributed by atoms with van der Waals surface area (Å²) in [6.45, 7) is 1.92. The van der Waals surface area contributed by atoms with Crippen molar-refractivity contribution in [3.05, 3.63) is 71.8 Å². The predicted molar refractivity (Wildman–Crippen MR) is 98.0 cm³/mol. The van der Waals surface area contributed by atoms with E-state index in [1.165, 1.54) is 0 Å². The topological polar surface area (TPSA) is 81.9 Å². The first-order valence-electron chi connectivity index (χ1n) is 7.96. The fourth-order valence-electron chi connectivity index (χ4n) is 2.59. The van der Waals surface area contributed by atoms with E-state index in [0.717, 1.165) is 16.3 Å². The van der Waals surface area contributed by atoms with Gasteiger partial charge in [0.05, 0.1) is 11.3 Å². The lowest BCUT2D eigenvalue weighted by Gasteiger charge is -2.08. The van der Waals surface area contributed by atoms with Crippen molar-refractivity contribution >= 4 is 22.4 Å². The highest BCUT2D eigenvalue weighted by molar-refractivity contribution is 6.04. The maximum atomic E-state index is 12.4. The fraction of sp³-hybridized carbons (Fsp3) is 0.100. The maximum Gasteiger partial charge on any atom is 0.275 e. The van der Waals surface area contributed by atoms with Gasteiger partial charge in [-0.1, -0.05) is 31.2 Å². The van der Waals surface area contributed by atoms with Gasteiger partial charge in [0, 0.05) is 0 Å². The Morgan fingerprint density at radius 3 is 2.28 bits per heavy atom. The second kappa shape index (κ2) is 7.05. The summed E-state index contributed by atoms with van der Waals surface area (Å²) in [5, 5.41) is 25.4. The van der Waals surface area contributed by atoms with Crippen LogP contribution >= 0.6 is 0 Å². The number of phenolic OH excluding ortho intramolecular Hbond substituents is 2. The van der Waals surface area contributed by atoms with Gasteiger partial charge in [-0.15, -0.1) is 0 Å². The fourth-order valence-corrected chi connectivity index (χ4v) is 2.59. The number of phenols is 2. The zero-order chi connectivity index (χ0) is 17.8. The Balaban J connectivity index is 1.86. The Hall–Kier alpha value is -3.34. The molecule has 3 aromatic rings. The summed E-state index contributed by atoms with van der Waals surface area (Å²) < 4.78 is 0. The highest BCUT2D eigenvalue weighted by atomic mass is 16.3. The van der Waals surface area contributed by atoms with Crippen LogP contribution in [0.1, 0.15) is 29.3 Å². The van der Waals surface area contributed by atoms with Crippen molar-refractivity contribution in [2.75, 3.05) is 0 Å². The van der Waals surface area contributed by atoms with Crippen LogP contribution in [0.2, 0.25) is 0 Å². The molecular formula is C20H18N2O3. The van der Waals surface area contributed by atoms with Gasteiger partial charge in [0.25, 0.3) is 5.91 Å². The van der Waals surface area contributed by atoms with Gasteiger partial charge in [0.1, 0.15) is 11.5 Å². The quantitative estimate of drug-likeness (QED) is 0.501. The van der Waals surface area contributed by atoms with Crippen LogP contribution in [0.25, 0.3) is 10.8 Å². The first-order chi connectivity index (χ1) is 12.1. The van der Waals surface area contributed by atoms with E-state index < -0.39 is 5.91 Å². The molecule has 3 rings (SSSR count). The lowest BCUT2D eigenvalue weighted by molar-refractivity contribution is 0.0952. The molecule has 3 N–H and O–H groups in total. The van der Waals surface area contributed by atoms with Crippen molar-refractivity contribution in [2.45, 2.75) is 13.3 Å². The average Bonchev–Trinajstić information content (AvgIpc) is 2.62. The predicted octanol–water partition coefficient (Wildman–Crippen LogP) is 3.80. The van der Waals surface area contributed by atoms with Crippen LogP contribution in [0, 0.1) is 0 Å². The van der Waals surface area contributed by atoms with Gasteiger partial charge in [0.15, 0.2) is 0 Å². The summed E-state index contributed by atoms with van der Waals surface area (Å²) in [5.74, 6) is -0.397. The molecule has 0 unspecified atom stereocenters. The minimum atomic E-state index is -0.479. The minimum absolute atomic E-state index is 0.0888. The van der Waals surface area contributed by atoms with Crippen molar-refractivity contribution in [2.24, 2.45) is 5.10 Å². The molecule has 0 aliphatic carbocycles. The van der Waals surface area contributed by atoms with Crippen LogP contribution in [0.15, 0.2) is 65.8 Å². The standard InChI is InChI=1S/C20H18N2O3/c1-2-18(13-7-9-16(23)10-8-13)21-22-20(25)17-11-14-5-3-4-6-15(14)12-19(17)24/h3-12,23-24H,2H2,1H3,(H,22,25)/b21-18+. The number of hydrazone groups is 1. The smallest absolute Gasteiger partial charge is 0.275 e. The monoisotopic (exact) mass is 334 g/mol. The number of hydrogen-bond donors (Lipinski definition) is 3. The highest BCUT2D eigenvalue weighted by Crippen LogP contribution is 2.24. The third-order valence-corrected chi connectivity index (χ3v) is 3.94. The van der Waals surface area contributed by atoms with E-state index in [2.05, 4.69) is 10.5 Å². The van der Waals surface area contributed by atoms with E-state index in [0.29, 0.717) is 12.1 Å². The minimum Gasteiger partial charge on any atom is -0.508 e. The largest absolute Gasteiger partial charge is 0.508 e. The average molecular weight is 334 g/mol. The normalized spacial score (nSPS) is 11.5. The van der Waals surface area contributed by atoms with E-state index in [-0.39, 0.29) is 17.1 Å². The van der Waals surface area contributed by atoms with Crippen molar-refractivity contribution in [3.8, 4) is 11.5 Å². The van der Waals surface area contributed by atoms with Gasteiger partial charge in [-0.3, -0.25) is 4.79 Å². The van der Waals surface area contributed by atoms with Gasteiger partial charge < -0.3 is 10.2 Å². The number of nitrogens with one attached hydrogen (secondary N) is 1. The van der Waals surface area contributed by atoms with Crippen LogP contribution < -0.4 is 5.43 Å². The number of hydrogen-bond acceptors (Lipinski definition) is 4. The van der Waals surface area contributed by atoms with Crippen LogP contribution in [-0.4, -0.2) is 21.8 Å². The molecule has 1 amide bonds. The number of rotatable bonds is 4. The number of aromatic hydroxyl groups is 2. The summed E-state index contributed by atoms with van der Waals surface area (Å²) in [7, 11) is 0. The molecule has 25 heavy (non-hydrogen) atoms. The molecule has 0 saturated carbocycles. The van der Waals surface area contributed by atoms with E-state index >= 15 is 0 Å². The second-order valence-corrected chi connectivity index (χ2v) is 5.62. The van der Waals surface area contributed by atoms with Crippen LogP contribution in [0.3, 0.4) is 0 Å². The molecule has 5 nitrogen and oxygen atoms in total. The molecule has 0 fully saturated rings. The second-order valence-electron chi connectivity index (χ2n) is 5.62. The molecule has 5 heteroatoms. The number of carbonyl (C=O) groups is 1. The van der Waals surface area contributed by atoms with Gasteiger partial charge in [0.2, 0.25) is 0 Å². The van der Waals surface area contributed by atoms with Crippen molar-refractivity contribution in [1.82, 2.24) is 5.43 Å². The Morgan fingerprint density at radius 1 is 1.00 bits per heavy atom. The zero-order valence-corrected chi connectivity index (χ0v) is 13.7. The van der Waals surface area contributed by atoms with E-state index in [1.807, 2.05) is 31.2 Å². The number of nitrogens with zero attached hydrogens (tertiary/aromatic N) is 1. The van der Waals surface area contributed by atoms with Gasteiger partial charge in [-0.05, 0) is 59.2 Å². The summed E-state index contributed by atoms with van der Waals surface area (Å²) >= 11 is 0. The lowest BCUT2D eigenvalue weighted by atomic mass is 10.1. The Morgan fingerprint density at radius 2 is 1.64 bits per heavy atom. The molecule has 3 aromatic carbocycles. The molecule has 0 saturated heterocycles. The summed E-state index contributed by atoms with van der Waals surface area (Å²) in [4.78, 5) is 12.4. The molecule has 0 radical (unpaired) electrons. The molecule has 0 aliphatic rings. The molecular weight excluding hydrogens is 316 g/mol. The molecule has 0 atom stereocenters. The highest BCUT2D eigenvalue weighted by Gasteiger charge is 2.12. The first-order valence-corrected chi connectivity index (χ1v) is 7.96. The number of amides is 1. The number of benzene rings is 3. The summed E-state index contributed by atoms with van der Waals surface area (Å²) in [6.07, 6.45) is 0.606.